The van der Waals surface area contributed by atoms with Crippen LogP contribution >= 0.6 is 0 Å². The van der Waals surface area contributed by atoms with Crippen LogP contribution in [-0.2, 0) is 20.0 Å². The molecule has 0 radical (unpaired) electrons. The van der Waals surface area contributed by atoms with E-state index in [1.165, 1.54) is 16.7 Å². The molecule has 0 unspecified atom stereocenters. The van der Waals surface area contributed by atoms with Crippen molar-refractivity contribution in [2.75, 3.05) is 11.9 Å². The molecule has 11 heteroatoms. The number of nitrogens with one attached hydrogen (secondary N) is 2. The second-order valence-corrected chi connectivity index (χ2v) is 6.95. The van der Waals surface area contributed by atoms with E-state index in [4.69, 9.17) is 0 Å². The fraction of sp³-hybridized carbons (Fsp3) is 0.250. The van der Waals surface area contributed by atoms with E-state index in [1.54, 1.807) is 25.4 Å². The number of pyridine rings is 1. The monoisotopic (exact) mass is 433 g/mol. The van der Waals surface area contributed by atoms with Gasteiger partial charge in [-0.05, 0) is 49.4 Å². The van der Waals surface area contributed by atoms with Gasteiger partial charge in [-0.15, -0.1) is 18.3 Å². The highest BCUT2D eigenvalue weighted by Crippen LogP contribution is 2.25. The van der Waals surface area contributed by atoms with Crippen molar-refractivity contribution in [1.29, 1.82) is 0 Å². The molecule has 0 amide bonds. The molecule has 2 N–H and O–H groups in total. The Hall–Kier alpha value is -3.60. The predicted molar refractivity (Wildman–Crippen MR) is 107 cm³/mol. The van der Waals surface area contributed by atoms with Crippen LogP contribution in [0.4, 0.5) is 24.7 Å². The molecule has 162 valence electrons. The van der Waals surface area contributed by atoms with Gasteiger partial charge >= 0.3 is 6.36 Å². The summed E-state index contributed by atoms with van der Waals surface area (Å²) < 4.78 is 43.6. The van der Waals surface area contributed by atoms with Gasteiger partial charge in [0.15, 0.2) is 5.82 Å². The number of nitrogens with zero attached hydrogens (tertiary/aromatic N) is 3. The largest absolute Gasteiger partial charge is 0.573 e. The van der Waals surface area contributed by atoms with Crippen LogP contribution < -0.4 is 26.5 Å². The average Bonchev–Trinajstić information content (AvgIpc) is 2.73. The quantitative estimate of drug-likeness (QED) is 0.656. The van der Waals surface area contributed by atoms with Gasteiger partial charge in [-0.2, -0.15) is 4.68 Å². The van der Waals surface area contributed by atoms with Gasteiger partial charge in [-0.3, -0.25) is 9.59 Å². The highest BCUT2D eigenvalue weighted by molar-refractivity contribution is 5.60. The first kappa shape index (κ1) is 20.7. The summed E-state index contributed by atoms with van der Waals surface area (Å²) in [6.45, 7) is 0.955. The van der Waals surface area contributed by atoms with Gasteiger partial charge in [-0.25, -0.2) is 0 Å². The molecule has 2 aromatic heterocycles. The molecule has 1 aromatic carbocycles. The zero-order valence-corrected chi connectivity index (χ0v) is 16.4. The number of ether oxygens (including phenoxy) is 1. The number of alkyl halides is 3. The Kier molecular flexibility index (Phi) is 5.27. The summed E-state index contributed by atoms with van der Waals surface area (Å²) in [4.78, 5) is 25.4. The molecule has 31 heavy (non-hydrogen) atoms. The molecule has 0 bridgehead atoms. The fourth-order valence-electron chi connectivity index (χ4n) is 3.37. The minimum Gasteiger partial charge on any atom is -0.406 e. The number of halogens is 3. The molecule has 4 rings (SSSR count). The Morgan fingerprint density at radius 1 is 1.10 bits per heavy atom. The van der Waals surface area contributed by atoms with Crippen LogP contribution in [0.3, 0.4) is 0 Å². The van der Waals surface area contributed by atoms with Crippen molar-refractivity contribution >= 4 is 11.5 Å². The topological polar surface area (TPSA) is 90.2 Å². The van der Waals surface area contributed by atoms with Gasteiger partial charge in [0.2, 0.25) is 0 Å². The smallest absolute Gasteiger partial charge is 0.406 e. The first-order valence-electron chi connectivity index (χ1n) is 9.37. The fourth-order valence-corrected chi connectivity index (χ4v) is 3.37. The third-order valence-corrected chi connectivity index (χ3v) is 4.85. The van der Waals surface area contributed by atoms with Gasteiger partial charge in [0.25, 0.3) is 11.1 Å². The predicted octanol–water partition coefficient (Wildman–Crippen LogP) is 2.22. The summed E-state index contributed by atoms with van der Waals surface area (Å²) in [5.41, 5.74) is 1.07. The molecule has 0 aliphatic carbocycles. The Morgan fingerprint density at radius 3 is 2.55 bits per heavy atom. The van der Waals surface area contributed by atoms with Crippen LogP contribution in [0.15, 0.2) is 52.2 Å². The molecule has 8 nitrogen and oxygen atoms in total. The van der Waals surface area contributed by atoms with Gasteiger partial charge < -0.3 is 19.9 Å². The normalized spacial score (nSPS) is 13.5. The molecule has 0 saturated carbocycles. The van der Waals surface area contributed by atoms with Crippen molar-refractivity contribution in [3.8, 4) is 11.4 Å². The number of hydrogen-bond donors (Lipinski definition) is 2. The maximum atomic E-state index is 13.0. The molecule has 3 aromatic rings. The van der Waals surface area contributed by atoms with Gasteiger partial charge in [0, 0.05) is 30.9 Å². The summed E-state index contributed by atoms with van der Waals surface area (Å²) >= 11 is 0. The molecule has 0 atom stereocenters. The first-order chi connectivity index (χ1) is 14.7. The van der Waals surface area contributed by atoms with Crippen molar-refractivity contribution in [3.05, 3.63) is 74.4 Å². The van der Waals surface area contributed by atoms with E-state index < -0.39 is 17.7 Å². The molecule has 3 heterocycles. The summed E-state index contributed by atoms with van der Waals surface area (Å²) in [5.74, 6) is -0.0647. The molecule has 1 aliphatic heterocycles. The molecular formula is C20H18F3N5O3. The lowest BCUT2D eigenvalue weighted by Crippen LogP contribution is -2.35. The summed E-state index contributed by atoms with van der Waals surface area (Å²) in [6.07, 6.45) is -2.66. The van der Waals surface area contributed by atoms with E-state index in [2.05, 4.69) is 20.5 Å². The van der Waals surface area contributed by atoms with E-state index in [0.717, 1.165) is 16.8 Å². The summed E-state index contributed by atoms with van der Waals surface area (Å²) in [5, 5.41) is 10.5. The van der Waals surface area contributed by atoms with Gasteiger partial charge in [-0.1, -0.05) is 0 Å². The van der Waals surface area contributed by atoms with Gasteiger partial charge in [0.05, 0.1) is 5.69 Å². The number of fused-ring (bicyclic) bond motifs is 1. The zero-order chi connectivity index (χ0) is 22.2. The number of anilines is 2. The van der Waals surface area contributed by atoms with Crippen LogP contribution in [0.2, 0.25) is 0 Å². The zero-order valence-electron chi connectivity index (χ0n) is 16.4. The number of aromatic nitrogens is 3. The molecule has 1 aliphatic rings. The van der Waals surface area contributed by atoms with Crippen molar-refractivity contribution in [1.82, 2.24) is 19.7 Å². The Bertz CT molecular complexity index is 1230. The minimum atomic E-state index is -4.81. The Labute approximate surface area is 173 Å². The van der Waals surface area contributed by atoms with E-state index in [9.17, 15) is 22.8 Å². The second kappa shape index (κ2) is 7.91. The van der Waals surface area contributed by atoms with Crippen molar-refractivity contribution in [2.24, 2.45) is 7.05 Å². The van der Waals surface area contributed by atoms with E-state index >= 15 is 0 Å². The Morgan fingerprint density at radius 2 is 1.84 bits per heavy atom. The standard InChI is InChI=1S/C20H18F3N5O3/c1-27-10-2-3-16(19(27)30)25-17-14-8-9-24-11-15(14)18(29)28(26-17)12-4-6-13(7-5-12)31-20(21,22)23/h2-7,10,24H,8-9,11H2,1H3,(H,25,26). The highest BCUT2D eigenvalue weighted by atomic mass is 19.4. The maximum absolute atomic E-state index is 13.0. The van der Waals surface area contributed by atoms with Crippen LogP contribution in [0.25, 0.3) is 5.69 Å². The van der Waals surface area contributed by atoms with Crippen molar-refractivity contribution in [2.45, 2.75) is 19.3 Å². The minimum absolute atomic E-state index is 0.261. The lowest BCUT2D eigenvalue weighted by atomic mass is 10.0. The lowest BCUT2D eigenvalue weighted by molar-refractivity contribution is -0.274. The third-order valence-electron chi connectivity index (χ3n) is 4.85. The average molecular weight is 433 g/mol. The molecular weight excluding hydrogens is 415 g/mol. The number of rotatable bonds is 4. The Balaban J connectivity index is 1.79. The highest BCUT2D eigenvalue weighted by Gasteiger charge is 2.31. The van der Waals surface area contributed by atoms with Crippen molar-refractivity contribution < 1.29 is 17.9 Å². The first-order valence-corrected chi connectivity index (χ1v) is 9.37. The van der Waals surface area contributed by atoms with Crippen LogP contribution in [-0.4, -0.2) is 27.3 Å². The van der Waals surface area contributed by atoms with Crippen molar-refractivity contribution in [3.63, 3.8) is 0 Å². The number of benzene rings is 1. The lowest BCUT2D eigenvalue weighted by Gasteiger charge is -2.21. The summed E-state index contributed by atoms with van der Waals surface area (Å²) in [6, 6.07) is 8.14. The van der Waals surface area contributed by atoms with Crippen LogP contribution in [0.5, 0.6) is 5.75 Å². The van der Waals surface area contributed by atoms with Crippen LogP contribution in [0, 0.1) is 0 Å². The maximum Gasteiger partial charge on any atom is 0.573 e. The molecule has 0 spiro atoms. The SMILES string of the molecule is Cn1cccc(Nc2nn(-c3ccc(OC(F)(F)F)cc3)c(=O)c3c2CCNC3)c1=O. The van der Waals surface area contributed by atoms with E-state index in [1.807, 2.05) is 0 Å². The summed E-state index contributed by atoms with van der Waals surface area (Å²) in [7, 11) is 1.62. The third kappa shape index (κ3) is 4.31. The van der Waals surface area contributed by atoms with E-state index in [0.29, 0.717) is 36.5 Å². The number of hydrogen-bond acceptors (Lipinski definition) is 6. The van der Waals surface area contributed by atoms with Crippen LogP contribution in [0.1, 0.15) is 11.1 Å². The molecule has 0 fully saturated rings. The van der Waals surface area contributed by atoms with E-state index in [-0.39, 0.29) is 16.9 Å². The second-order valence-electron chi connectivity index (χ2n) is 6.95. The molecule has 0 saturated heterocycles. The van der Waals surface area contributed by atoms with Gasteiger partial charge in [0.1, 0.15) is 11.4 Å². The number of aryl methyl sites for hydroxylation is 1.